The smallest absolute Gasteiger partial charge is 0.197 e. The standard InChI is InChI=1S/C20H16ClN3S/c21-15-11-12-18(22)17(13-15)19(14-7-3-1-4-8-14)24-20(25)23-16-9-5-2-6-10-16/h1-13H,22H2,(H,23,25)/b24-19-. The van der Waals surface area contributed by atoms with Crippen molar-refractivity contribution in [1.29, 1.82) is 0 Å². The van der Waals surface area contributed by atoms with Crippen LogP contribution in [0.25, 0.3) is 0 Å². The molecule has 0 heterocycles. The molecule has 0 aliphatic heterocycles. The summed E-state index contributed by atoms with van der Waals surface area (Å²) in [6.45, 7) is 0. The molecule has 0 fully saturated rings. The predicted molar refractivity (Wildman–Crippen MR) is 111 cm³/mol. The molecule has 3 rings (SSSR count). The molecule has 0 saturated heterocycles. The van der Waals surface area contributed by atoms with Crippen molar-refractivity contribution in [2.45, 2.75) is 0 Å². The Kier molecular flexibility index (Phi) is 5.43. The molecule has 25 heavy (non-hydrogen) atoms. The van der Waals surface area contributed by atoms with E-state index in [-0.39, 0.29) is 0 Å². The van der Waals surface area contributed by atoms with Crippen LogP contribution in [0.1, 0.15) is 11.1 Å². The van der Waals surface area contributed by atoms with E-state index in [2.05, 4.69) is 10.3 Å². The maximum atomic E-state index is 6.16. The summed E-state index contributed by atoms with van der Waals surface area (Å²) in [7, 11) is 0. The number of hydrogen-bond acceptors (Lipinski definition) is 2. The highest BCUT2D eigenvalue weighted by molar-refractivity contribution is 7.80. The van der Waals surface area contributed by atoms with Crippen LogP contribution < -0.4 is 11.1 Å². The van der Waals surface area contributed by atoms with Crippen molar-refractivity contribution in [3.63, 3.8) is 0 Å². The van der Waals surface area contributed by atoms with Crippen LogP contribution in [-0.4, -0.2) is 10.8 Å². The van der Waals surface area contributed by atoms with Crippen LogP contribution in [0.5, 0.6) is 0 Å². The maximum Gasteiger partial charge on any atom is 0.197 e. The van der Waals surface area contributed by atoms with Crippen molar-refractivity contribution in [3.05, 3.63) is 95.0 Å². The lowest BCUT2D eigenvalue weighted by Gasteiger charge is -2.12. The highest BCUT2D eigenvalue weighted by Gasteiger charge is 2.12. The molecular weight excluding hydrogens is 350 g/mol. The summed E-state index contributed by atoms with van der Waals surface area (Å²) in [4.78, 5) is 4.61. The van der Waals surface area contributed by atoms with E-state index in [0.717, 1.165) is 16.8 Å². The van der Waals surface area contributed by atoms with Gasteiger partial charge in [0.2, 0.25) is 0 Å². The summed E-state index contributed by atoms with van der Waals surface area (Å²) in [5.74, 6) is 0. The van der Waals surface area contributed by atoms with Gasteiger partial charge in [-0.1, -0.05) is 60.1 Å². The van der Waals surface area contributed by atoms with Gasteiger partial charge >= 0.3 is 0 Å². The van der Waals surface area contributed by atoms with Crippen LogP contribution in [-0.2, 0) is 0 Å². The van der Waals surface area contributed by atoms with Gasteiger partial charge in [-0.15, -0.1) is 0 Å². The van der Waals surface area contributed by atoms with E-state index in [1.54, 1.807) is 18.2 Å². The largest absolute Gasteiger partial charge is 0.398 e. The molecule has 0 atom stereocenters. The number of hydrogen-bond donors (Lipinski definition) is 2. The third kappa shape index (κ3) is 4.44. The monoisotopic (exact) mass is 365 g/mol. The second-order valence-corrected chi connectivity index (χ2v) is 6.18. The van der Waals surface area contributed by atoms with Crippen molar-refractivity contribution >= 4 is 46.0 Å². The number of nitrogens with one attached hydrogen (secondary N) is 1. The second-order valence-electron chi connectivity index (χ2n) is 5.35. The first-order valence-electron chi connectivity index (χ1n) is 7.69. The number of nitrogen functional groups attached to an aromatic ring is 1. The number of anilines is 2. The van der Waals surface area contributed by atoms with E-state index in [9.17, 15) is 0 Å². The molecule has 0 unspecified atom stereocenters. The lowest BCUT2D eigenvalue weighted by atomic mass is 10.0. The molecule has 0 radical (unpaired) electrons. The lowest BCUT2D eigenvalue weighted by molar-refractivity contribution is 1.53. The third-order valence-electron chi connectivity index (χ3n) is 3.56. The first-order chi connectivity index (χ1) is 12.1. The number of para-hydroxylation sites is 1. The zero-order valence-electron chi connectivity index (χ0n) is 13.3. The van der Waals surface area contributed by atoms with Crippen molar-refractivity contribution in [1.82, 2.24) is 0 Å². The first kappa shape index (κ1) is 17.1. The van der Waals surface area contributed by atoms with Gasteiger partial charge in [0.25, 0.3) is 0 Å². The minimum absolute atomic E-state index is 0.351. The Morgan fingerprint density at radius 1 is 0.920 bits per heavy atom. The molecule has 0 aromatic heterocycles. The number of nitrogens with two attached hydrogens (primary N) is 1. The zero-order chi connectivity index (χ0) is 17.6. The number of aliphatic imine (C=N–C) groups is 1. The molecule has 3 nitrogen and oxygen atoms in total. The van der Waals surface area contributed by atoms with Gasteiger partial charge in [0.1, 0.15) is 0 Å². The Balaban J connectivity index is 2.02. The summed E-state index contributed by atoms with van der Waals surface area (Å²) in [6, 6.07) is 24.7. The fourth-order valence-electron chi connectivity index (χ4n) is 2.38. The minimum Gasteiger partial charge on any atom is -0.398 e. The molecule has 3 aromatic carbocycles. The van der Waals surface area contributed by atoms with Crippen LogP contribution in [0.4, 0.5) is 11.4 Å². The average molecular weight is 366 g/mol. The van der Waals surface area contributed by atoms with Crippen LogP contribution in [0, 0.1) is 0 Å². The lowest BCUT2D eigenvalue weighted by Crippen LogP contribution is -2.13. The molecule has 0 spiro atoms. The normalized spacial score (nSPS) is 11.2. The van der Waals surface area contributed by atoms with E-state index in [1.165, 1.54) is 0 Å². The molecule has 3 N–H and O–H groups in total. The van der Waals surface area contributed by atoms with Gasteiger partial charge in [0, 0.05) is 27.5 Å². The van der Waals surface area contributed by atoms with E-state index in [4.69, 9.17) is 29.6 Å². The van der Waals surface area contributed by atoms with E-state index in [1.807, 2.05) is 60.7 Å². The second kappa shape index (κ2) is 7.92. The van der Waals surface area contributed by atoms with Crippen molar-refractivity contribution < 1.29 is 0 Å². The quantitative estimate of drug-likeness (QED) is 0.383. The van der Waals surface area contributed by atoms with E-state index < -0.39 is 0 Å². The Morgan fingerprint density at radius 2 is 1.56 bits per heavy atom. The number of halogens is 1. The van der Waals surface area contributed by atoms with Crippen molar-refractivity contribution in [3.8, 4) is 0 Å². The van der Waals surface area contributed by atoms with Gasteiger partial charge in [0.05, 0.1) is 5.71 Å². The fourth-order valence-corrected chi connectivity index (χ4v) is 2.77. The van der Waals surface area contributed by atoms with E-state index in [0.29, 0.717) is 21.5 Å². The maximum absolute atomic E-state index is 6.16. The number of rotatable bonds is 3. The number of thiocarbonyl (C=S) groups is 1. The van der Waals surface area contributed by atoms with Crippen molar-refractivity contribution in [2.24, 2.45) is 4.99 Å². The molecular formula is C20H16ClN3S. The van der Waals surface area contributed by atoms with Gasteiger partial charge in [-0.25, -0.2) is 4.99 Å². The predicted octanol–water partition coefficient (Wildman–Crippen LogP) is 5.16. The minimum atomic E-state index is 0.351. The SMILES string of the molecule is Nc1ccc(Cl)cc1/C(=N\C(=S)Nc1ccccc1)c1ccccc1. The summed E-state index contributed by atoms with van der Waals surface area (Å²) in [6.07, 6.45) is 0. The summed E-state index contributed by atoms with van der Waals surface area (Å²) < 4.78 is 0. The molecule has 3 aromatic rings. The zero-order valence-corrected chi connectivity index (χ0v) is 14.9. The van der Waals surface area contributed by atoms with Gasteiger partial charge in [-0.2, -0.15) is 0 Å². The highest BCUT2D eigenvalue weighted by Crippen LogP contribution is 2.22. The van der Waals surface area contributed by atoms with Crippen LogP contribution >= 0.6 is 23.8 Å². The average Bonchev–Trinajstić information content (AvgIpc) is 2.63. The Bertz CT molecular complexity index is 909. The number of nitrogens with zero attached hydrogens (tertiary/aromatic N) is 1. The van der Waals surface area contributed by atoms with Gasteiger partial charge in [0.15, 0.2) is 5.11 Å². The third-order valence-corrected chi connectivity index (χ3v) is 3.98. The molecule has 0 aliphatic rings. The Hall–Kier alpha value is -2.69. The van der Waals surface area contributed by atoms with Gasteiger partial charge < -0.3 is 11.1 Å². The number of benzene rings is 3. The summed E-state index contributed by atoms with van der Waals surface area (Å²) in [5, 5.41) is 4.06. The summed E-state index contributed by atoms with van der Waals surface area (Å²) in [5.41, 5.74) is 9.95. The molecule has 0 aliphatic carbocycles. The molecule has 5 heteroatoms. The highest BCUT2D eigenvalue weighted by atomic mass is 35.5. The first-order valence-corrected chi connectivity index (χ1v) is 8.47. The summed E-state index contributed by atoms with van der Waals surface area (Å²) >= 11 is 11.6. The van der Waals surface area contributed by atoms with Crippen LogP contribution in [0.3, 0.4) is 0 Å². The molecule has 0 saturated carbocycles. The molecule has 0 amide bonds. The van der Waals surface area contributed by atoms with Crippen molar-refractivity contribution in [2.75, 3.05) is 11.1 Å². The molecule has 124 valence electrons. The fraction of sp³-hybridized carbons (Fsp3) is 0. The Morgan fingerprint density at radius 3 is 2.24 bits per heavy atom. The van der Waals surface area contributed by atoms with Gasteiger partial charge in [-0.05, 0) is 42.5 Å². The van der Waals surface area contributed by atoms with Gasteiger partial charge in [-0.3, -0.25) is 0 Å². The molecule has 0 bridgehead atoms. The Labute approximate surface area is 157 Å². The van der Waals surface area contributed by atoms with Crippen LogP contribution in [0.15, 0.2) is 83.9 Å². The van der Waals surface area contributed by atoms with Crippen LogP contribution in [0.2, 0.25) is 5.02 Å². The topological polar surface area (TPSA) is 50.4 Å². The van der Waals surface area contributed by atoms with E-state index >= 15 is 0 Å².